The summed E-state index contributed by atoms with van der Waals surface area (Å²) < 4.78 is 2.95. The van der Waals surface area contributed by atoms with Crippen molar-refractivity contribution in [2.24, 2.45) is 0 Å². The van der Waals surface area contributed by atoms with Crippen LogP contribution in [0.1, 0.15) is 26.3 Å². The molecular formula is C45H34N6O2S. The predicted molar refractivity (Wildman–Crippen MR) is 217 cm³/mol. The second kappa shape index (κ2) is 13.2. The number of rotatable bonds is 7. The average molecular weight is 723 g/mol. The van der Waals surface area contributed by atoms with Gasteiger partial charge >= 0.3 is 0 Å². The number of piperazine rings is 1. The number of thiazole rings is 1. The maximum atomic E-state index is 14.4. The van der Waals surface area contributed by atoms with E-state index < -0.39 is 0 Å². The van der Waals surface area contributed by atoms with Crippen LogP contribution >= 0.6 is 11.3 Å². The van der Waals surface area contributed by atoms with Gasteiger partial charge in [-0.1, -0.05) is 84.9 Å². The summed E-state index contributed by atoms with van der Waals surface area (Å²) in [6.07, 6.45) is 2.00. The second-order valence-electron chi connectivity index (χ2n) is 13.8. The fourth-order valence-corrected chi connectivity index (χ4v) is 8.79. The van der Waals surface area contributed by atoms with E-state index in [0.717, 1.165) is 81.2 Å². The Bertz CT molecular complexity index is 2660. The van der Waals surface area contributed by atoms with Crippen LogP contribution in [0.3, 0.4) is 0 Å². The van der Waals surface area contributed by atoms with Gasteiger partial charge in [0.2, 0.25) is 0 Å². The zero-order valence-corrected chi connectivity index (χ0v) is 30.1. The van der Waals surface area contributed by atoms with Gasteiger partial charge in [0.05, 0.1) is 27.2 Å². The van der Waals surface area contributed by atoms with Gasteiger partial charge in [-0.05, 0) is 60.2 Å². The summed E-state index contributed by atoms with van der Waals surface area (Å²) in [5, 5.41) is 7.56. The third-order valence-electron chi connectivity index (χ3n) is 10.5. The highest BCUT2D eigenvalue weighted by Crippen LogP contribution is 2.41. The Morgan fingerprint density at radius 2 is 1.33 bits per heavy atom. The Kier molecular flexibility index (Phi) is 7.89. The lowest BCUT2D eigenvalue weighted by Gasteiger charge is -2.37. The summed E-state index contributed by atoms with van der Waals surface area (Å²) in [5.41, 5.74) is 8.14. The highest BCUT2D eigenvalue weighted by Gasteiger charge is 2.35. The van der Waals surface area contributed by atoms with Crippen molar-refractivity contribution in [3.63, 3.8) is 0 Å². The van der Waals surface area contributed by atoms with E-state index in [1.165, 1.54) is 10.5 Å². The van der Waals surface area contributed by atoms with E-state index in [4.69, 9.17) is 10.1 Å². The van der Waals surface area contributed by atoms with E-state index in [1.54, 1.807) is 11.3 Å². The molecule has 8 nitrogen and oxygen atoms in total. The maximum absolute atomic E-state index is 14.4. The zero-order valence-electron chi connectivity index (χ0n) is 29.3. The van der Waals surface area contributed by atoms with Crippen molar-refractivity contribution >= 4 is 55.5 Å². The first-order valence-electron chi connectivity index (χ1n) is 18.2. The van der Waals surface area contributed by atoms with Crippen LogP contribution in [0, 0.1) is 0 Å². The first-order valence-corrected chi connectivity index (χ1v) is 19.0. The van der Waals surface area contributed by atoms with Gasteiger partial charge in [0.25, 0.3) is 11.8 Å². The van der Waals surface area contributed by atoms with Crippen LogP contribution in [0.4, 0.5) is 11.4 Å². The number of carbonyl (C=O) groups excluding carboxylic acids is 2. The van der Waals surface area contributed by atoms with E-state index in [-0.39, 0.29) is 11.8 Å². The second-order valence-corrected chi connectivity index (χ2v) is 14.8. The Morgan fingerprint density at radius 3 is 2.13 bits per heavy atom. The van der Waals surface area contributed by atoms with Crippen LogP contribution in [0.5, 0.6) is 0 Å². The molecule has 6 aromatic carbocycles. The molecule has 10 rings (SSSR count). The summed E-state index contributed by atoms with van der Waals surface area (Å²) in [6.45, 7) is 4.53. The Labute approximate surface area is 316 Å². The van der Waals surface area contributed by atoms with Crippen LogP contribution in [0.2, 0.25) is 0 Å². The van der Waals surface area contributed by atoms with E-state index in [1.807, 2.05) is 108 Å². The Hall–Kier alpha value is -6.42. The number of para-hydroxylation sites is 2. The average Bonchev–Trinajstić information content (AvgIpc) is 3.87. The van der Waals surface area contributed by atoms with Crippen molar-refractivity contribution in [3.8, 4) is 27.5 Å². The number of hydrogen-bond acceptors (Lipinski definition) is 7. The fourth-order valence-electron chi connectivity index (χ4n) is 7.82. The van der Waals surface area contributed by atoms with Crippen LogP contribution < -0.4 is 9.80 Å². The van der Waals surface area contributed by atoms with Gasteiger partial charge in [-0.25, -0.2) is 14.6 Å². The van der Waals surface area contributed by atoms with Crippen LogP contribution in [0.15, 0.2) is 146 Å². The van der Waals surface area contributed by atoms with Gasteiger partial charge < -0.3 is 4.90 Å². The molecule has 2 amide bonds. The molecule has 0 atom stereocenters. The Morgan fingerprint density at radius 1 is 0.630 bits per heavy atom. The van der Waals surface area contributed by atoms with Gasteiger partial charge in [-0.15, -0.1) is 11.3 Å². The van der Waals surface area contributed by atoms with Gasteiger partial charge in [0.15, 0.2) is 0 Å². The van der Waals surface area contributed by atoms with Gasteiger partial charge in [0.1, 0.15) is 10.7 Å². The third-order valence-corrected chi connectivity index (χ3v) is 11.6. The molecule has 1 saturated heterocycles. The van der Waals surface area contributed by atoms with E-state index >= 15 is 0 Å². The van der Waals surface area contributed by atoms with Gasteiger partial charge in [-0.3, -0.25) is 14.5 Å². The molecule has 0 unspecified atom stereocenters. The maximum Gasteiger partial charge on any atom is 0.265 e. The number of anilines is 2. The quantitative estimate of drug-likeness (QED) is 0.153. The van der Waals surface area contributed by atoms with E-state index in [0.29, 0.717) is 22.5 Å². The van der Waals surface area contributed by atoms with Crippen molar-refractivity contribution in [2.75, 3.05) is 36.0 Å². The molecule has 2 aromatic heterocycles. The molecular weight excluding hydrogens is 689 g/mol. The predicted octanol–water partition coefficient (Wildman–Crippen LogP) is 9.09. The monoisotopic (exact) mass is 722 g/mol. The molecule has 262 valence electrons. The molecule has 0 spiro atoms. The standard InChI is InChI=1S/C45H34N6O2S/c52-44-35-18-10-17-34-39(49-25-23-48(24-26-49)28-30-11-3-1-4-12-30)22-21-36(41(34)35)45(53)51(44)33-16-9-13-31(27-33)42-37(29-50(47-42)32-14-5-2-6-15-32)43-46-38-19-7-8-20-40(38)54-43/h1-22,27,29H,23-26,28H2. The van der Waals surface area contributed by atoms with Crippen LogP contribution in [-0.2, 0) is 6.54 Å². The lowest BCUT2D eigenvalue weighted by Crippen LogP contribution is -2.46. The number of nitrogens with zero attached hydrogens (tertiary/aromatic N) is 6. The molecule has 54 heavy (non-hydrogen) atoms. The number of benzene rings is 6. The first-order chi connectivity index (χ1) is 26.6. The summed E-state index contributed by atoms with van der Waals surface area (Å²) in [5.74, 6) is -0.664. The van der Waals surface area contributed by atoms with E-state index in [9.17, 15) is 9.59 Å². The first kappa shape index (κ1) is 32.2. The molecule has 8 aromatic rings. The number of aromatic nitrogens is 3. The highest BCUT2D eigenvalue weighted by atomic mass is 32.1. The molecule has 9 heteroatoms. The zero-order chi connectivity index (χ0) is 36.2. The SMILES string of the molecule is O=C1c2cccc3c(N4CCN(Cc5ccccc5)CC4)ccc(c23)C(=O)N1c1cccc(-c2nn(-c3ccccc3)cc2-c2nc3ccccc3s2)c1. The molecule has 2 aliphatic heterocycles. The molecule has 2 aliphatic rings. The summed E-state index contributed by atoms with van der Waals surface area (Å²) in [4.78, 5) is 39.9. The lowest BCUT2D eigenvalue weighted by atomic mass is 9.92. The van der Waals surface area contributed by atoms with Crippen LogP contribution in [-0.4, -0.2) is 57.7 Å². The molecule has 0 N–H and O–H groups in total. The van der Waals surface area contributed by atoms with Crippen molar-refractivity contribution in [3.05, 3.63) is 162 Å². The van der Waals surface area contributed by atoms with Crippen LogP contribution in [0.25, 0.3) is 48.5 Å². The third kappa shape index (κ3) is 5.57. The van der Waals surface area contributed by atoms with Crippen molar-refractivity contribution in [1.29, 1.82) is 0 Å². The minimum absolute atomic E-state index is 0.332. The number of hydrogen-bond donors (Lipinski definition) is 0. The van der Waals surface area contributed by atoms with Crippen molar-refractivity contribution < 1.29 is 9.59 Å². The number of carbonyl (C=O) groups is 2. The molecule has 4 heterocycles. The topological polar surface area (TPSA) is 74.6 Å². The minimum Gasteiger partial charge on any atom is -0.368 e. The normalized spacial score (nSPS) is 14.7. The lowest BCUT2D eigenvalue weighted by molar-refractivity contribution is 0.0893. The minimum atomic E-state index is -0.332. The highest BCUT2D eigenvalue weighted by molar-refractivity contribution is 7.21. The Balaban J connectivity index is 0.987. The molecule has 0 radical (unpaired) electrons. The fraction of sp³-hybridized carbons (Fsp3) is 0.111. The number of imide groups is 1. The molecule has 0 bridgehead atoms. The molecule has 0 saturated carbocycles. The largest absolute Gasteiger partial charge is 0.368 e. The number of fused-ring (bicyclic) bond motifs is 1. The van der Waals surface area contributed by atoms with E-state index in [2.05, 4.69) is 52.3 Å². The molecule has 1 fully saturated rings. The summed E-state index contributed by atoms with van der Waals surface area (Å²) >= 11 is 1.61. The van der Waals surface area contributed by atoms with Gasteiger partial charge in [0, 0.05) is 72.1 Å². The molecule has 0 aliphatic carbocycles. The number of amides is 2. The van der Waals surface area contributed by atoms with Crippen molar-refractivity contribution in [2.45, 2.75) is 6.54 Å². The van der Waals surface area contributed by atoms with Gasteiger partial charge in [-0.2, -0.15) is 5.10 Å². The summed E-state index contributed by atoms with van der Waals surface area (Å²) in [7, 11) is 0. The smallest absolute Gasteiger partial charge is 0.265 e. The van der Waals surface area contributed by atoms with Crippen molar-refractivity contribution in [1.82, 2.24) is 19.7 Å². The summed E-state index contributed by atoms with van der Waals surface area (Å²) in [6, 6.07) is 45.9.